The van der Waals surface area contributed by atoms with Crippen LogP contribution in [-0.4, -0.2) is 48.7 Å². The van der Waals surface area contributed by atoms with Gasteiger partial charge in [0, 0.05) is 12.6 Å². The Bertz CT molecular complexity index is 309. The third-order valence-corrected chi connectivity index (χ3v) is 4.32. The fraction of sp³-hybridized carbons (Fsp3) is 0.933. The maximum absolute atomic E-state index is 12.6. The van der Waals surface area contributed by atoms with Crippen molar-refractivity contribution in [3.05, 3.63) is 0 Å². The Morgan fingerprint density at radius 2 is 1.84 bits per heavy atom. The number of likely N-dealkylation sites (N-methyl/N-ethyl adjacent to an activating group) is 1. The first kappa shape index (κ1) is 14.8. The molecule has 2 aliphatic rings. The summed E-state index contributed by atoms with van der Waals surface area (Å²) in [5.41, 5.74) is -0.455. The number of hydrogen-bond donors (Lipinski definition) is 1. The Hall–Kier alpha value is -0.610. The molecule has 4 heteroatoms. The van der Waals surface area contributed by atoms with Crippen LogP contribution < -0.4 is 5.32 Å². The van der Waals surface area contributed by atoms with Gasteiger partial charge in [-0.1, -0.05) is 13.8 Å². The van der Waals surface area contributed by atoms with Gasteiger partial charge in [-0.25, -0.2) is 4.79 Å². The Balaban J connectivity index is 2.14. The molecule has 19 heavy (non-hydrogen) atoms. The molecule has 0 aromatic rings. The van der Waals surface area contributed by atoms with Crippen molar-refractivity contribution in [1.82, 2.24) is 10.2 Å². The van der Waals surface area contributed by atoms with E-state index in [1.165, 1.54) is 12.8 Å². The summed E-state index contributed by atoms with van der Waals surface area (Å²) in [4.78, 5) is 14.9. The predicted molar refractivity (Wildman–Crippen MR) is 76.0 cm³/mol. The van der Waals surface area contributed by atoms with Crippen LogP contribution >= 0.6 is 0 Å². The zero-order valence-electron chi connectivity index (χ0n) is 12.6. The van der Waals surface area contributed by atoms with E-state index >= 15 is 0 Å². The molecule has 110 valence electrons. The van der Waals surface area contributed by atoms with E-state index < -0.39 is 5.54 Å². The lowest BCUT2D eigenvalue weighted by Crippen LogP contribution is -2.62. The molecule has 2 fully saturated rings. The first-order valence-electron chi connectivity index (χ1n) is 7.83. The SMILES string of the molecule is CCOC(=O)C(CN(CC)CC)(NC1CC1)C1CC1. The van der Waals surface area contributed by atoms with Gasteiger partial charge in [-0.2, -0.15) is 0 Å². The van der Waals surface area contributed by atoms with Gasteiger partial charge in [0.1, 0.15) is 5.54 Å². The van der Waals surface area contributed by atoms with E-state index in [9.17, 15) is 4.79 Å². The summed E-state index contributed by atoms with van der Waals surface area (Å²) in [5.74, 6) is 0.434. The van der Waals surface area contributed by atoms with Gasteiger partial charge >= 0.3 is 5.97 Å². The van der Waals surface area contributed by atoms with Crippen molar-refractivity contribution in [2.24, 2.45) is 5.92 Å². The van der Waals surface area contributed by atoms with Crippen molar-refractivity contribution >= 4 is 5.97 Å². The van der Waals surface area contributed by atoms with E-state index in [0.29, 0.717) is 18.6 Å². The zero-order valence-corrected chi connectivity index (χ0v) is 12.6. The third-order valence-electron chi connectivity index (χ3n) is 4.32. The highest BCUT2D eigenvalue weighted by molar-refractivity contribution is 5.82. The summed E-state index contributed by atoms with van der Waals surface area (Å²) >= 11 is 0. The molecular weight excluding hydrogens is 240 g/mol. The number of rotatable bonds is 9. The van der Waals surface area contributed by atoms with E-state index in [2.05, 4.69) is 24.1 Å². The van der Waals surface area contributed by atoms with Gasteiger partial charge in [-0.3, -0.25) is 5.32 Å². The van der Waals surface area contributed by atoms with Crippen LogP contribution in [-0.2, 0) is 9.53 Å². The summed E-state index contributed by atoms with van der Waals surface area (Å²) in [6.07, 6.45) is 4.71. The molecule has 1 unspecified atom stereocenters. The lowest BCUT2D eigenvalue weighted by atomic mass is 9.91. The van der Waals surface area contributed by atoms with E-state index in [-0.39, 0.29) is 5.97 Å². The second kappa shape index (κ2) is 6.23. The fourth-order valence-electron chi connectivity index (χ4n) is 2.81. The number of ether oxygens (including phenoxy) is 1. The van der Waals surface area contributed by atoms with Crippen LogP contribution in [0.4, 0.5) is 0 Å². The summed E-state index contributed by atoms with van der Waals surface area (Å²) in [7, 11) is 0. The van der Waals surface area contributed by atoms with E-state index in [1.807, 2.05) is 6.92 Å². The summed E-state index contributed by atoms with van der Waals surface area (Å²) in [6.45, 7) is 9.43. The highest BCUT2D eigenvalue weighted by Crippen LogP contribution is 2.42. The average Bonchev–Trinajstić information content (AvgIpc) is 3.27. The van der Waals surface area contributed by atoms with Gasteiger partial charge in [-0.05, 0) is 51.6 Å². The molecule has 2 saturated carbocycles. The molecule has 4 nitrogen and oxygen atoms in total. The quantitative estimate of drug-likeness (QED) is 0.647. The maximum atomic E-state index is 12.6. The first-order valence-corrected chi connectivity index (χ1v) is 7.83. The average molecular weight is 268 g/mol. The van der Waals surface area contributed by atoms with Crippen LogP contribution in [0.1, 0.15) is 46.5 Å². The lowest BCUT2D eigenvalue weighted by Gasteiger charge is -2.37. The molecule has 0 amide bonds. The minimum Gasteiger partial charge on any atom is -0.465 e. The van der Waals surface area contributed by atoms with Crippen LogP contribution in [0.2, 0.25) is 0 Å². The monoisotopic (exact) mass is 268 g/mol. The molecule has 2 rings (SSSR count). The van der Waals surface area contributed by atoms with Gasteiger partial charge in [0.25, 0.3) is 0 Å². The molecule has 1 N–H and O–H groups in total. The molecular formula is C15H28N2O2. The second-order valence-corrected chi connectivity index (χ2v) is 5.85. The molecule has 0 saturated heterocycles. The van der Waals surface area contributed by atoms with Crippen LogP contribution in [0.15, 0.2) is 0 Å². The summed E-state index contributed by atoms with van der Waals surface area (Å²) in [6, 6.07) is 0.528. The van der Waals surface area contributed by atoms with Crippen molar-refractivity contribution in [2.75, 3.05) is 26.2 Å². The van der Waals surface area contributed by atoms with Crippen LogP contribution in [0, 0.1) is 5.92 Å². The molecule has 0 radical (unpaired) electrons. The molecule has 0 bridgehead atoms. The topological polar surface area (TPSA) is 41.6 Å². The zero-order chi connectivity index (χ0) is 13.9. The smallest absolute Gasteiger partial charge is 0.327 e. The molecule has 0 aliphatic heterocycles. The van der Waals surface area contributed by atoms with E-state index in [0.717, 1.165) is 32.5 Å². The normalized spacial score (nSPS) is 22.3. The Kier molecular flexibility index (Phi) is 4.85. The predicted octanol–water partition coefficient (Wildman–Crippen LogP) is 1.79. The largest absolute Gasteiger partial charge is 0.465 e. The van der Waals surface area contributed by atoms with Gasteiger partial charge in [0.05, 0.1) is 6.61 Å². The van der Waals surface area contributed by atoms with Crippen LogP contribution in [0.3, 0.4) is 0 Å². The standard InChI is InChI=1S/C15H28N2O2/c1-4-17(5-2)11-15(12-7-8-12,14(18)19-6-3)16-13-9-10-13/h12-13,16H,4-11H2,1-3H3. The molecule has 0 spiro atoms. The highest BCUT2D eigenvalue weighted by atomic mass is 16.5. The van der Waals surface area contributed by atoms with E-state index in [4.69, 9.17) is 4.74 Å². The number of nitrogens with one attached hydrogen (secondary N) is 1. The van der Waals surface area contributed by atoms with Gasteiger partial charge in [-0.15, -0.1) is 0 Å². The number of carbonyl (C=O) groups is 1. The third kappa shape index (κ3) is 3.48. The molecule has 0 aromatic carbocycles. The van der Waals surface area contributed by atoms with Crippen molar-refractivity contribution in [2.45, 2.75) is 58.0 Å². The van der Waals surface area contributed by atoms with Crippen LogP contribution in [0.25, 0.3) is 0 Å². The first-order chi connectivity index (χ1) is 9.16. The van der Waals surface area contributed by atoms with Gasteiger partial charge in [0.15, 0.2) is 0 Å². The number of nitrogens with zero attached hydrogens (tertiary/aromatic N) is 1. The van der Waals surface area contributed by atoms with Crippen molar-refractivity contribution in [3.63, 3.8) is 0 Å². The lowest BCUT2D eigenvalue weighted by molar-refractivity contribution is -0.153. The highest BCUT2D eigenvalue weighted by Gasteiger charge is 2.54. The molecule has 2 aliphatic carbocycles. The maximum Gasteiger partial charge on any atom is 0.327 e. The van der Waals surface area contributed by atoms with Crippen LogP contribution in [0.5, 0.6) is 0 Å². The van der Waals surface area contributed by atoms with Crippen molar-refractivity contribution < 1.29 is 9.53 Å². The minimum atomic E-state index is -0.455. The van der Waals surface area contributed by atoms with E-state index in [1.54, 1.807) is 0 Å². The summed E-state index contributed by atoms with van der Waals surface area (Å²) in [5, 5.41) is 3.63. The molecule has 0 heterocycles. The number of hydrogen-bond acceptors (Lipinski definition) is 4. The molecule has 0 aromatic heterocycles. The van der Waals surface area contributed by atoms with Crippen molar-refractivity contribution in [1.29, 1.82) is 0 Å². The number of carbonyl (C=O) groups excluding carboxylic acids is 1. The second-order valence-electron chi connectivity index (χ2n) is 5.85. The van der Waals surface area contributed by atoms with Gasteiger partial charge in [0.2, 0.25) is 0 Å². The van der Waals surface area contributed by atoms with Crippen molar-refractivity contribution in [3.8, 4) is 0 Å². The molecule has 1 atom stereocenters. The number of esters is 1. The fourth-order valence-corrected chi connectivity index (χ4v) is 2.81. The Labute approximate surface area is 116 Å². The Morgan fingerprint density at radius 3 is 2.26 bits per heavy atom. The Morgan fingerprint density at radius 1 is 1.21 bits per heavy atom. The minimum absolute atomic E-state index is 0.0312. The van der Waals surface area contributed by atoms with Gasteiger partial charge < -0.3 is 9.64 Å². The summed E-state index contributed by atoms with van der Waals surface area (Å²) < 4.78 is 5.40.